The number of benzene rings is 2. The van der Waals surface area contributed by atoms with E-state index in [1.165, 1.54) is 19.2 Å². The maximum Gasteiger partial charge on any atom is 0.241 e. The Morgan fingerprint density at radius 3 is 2.38 bits per heavy atom. The number of halogens is 1. The molecule has 0 aromatic heterocycles. The summed E-state index contributed by atoms with van der Waals surface area (Å²) in [5.41, 5.74) is 0.856. The smallest absolute Gasteiger partial charge is 0.241 e. The van der Waals surface area contributed by atoms with Gasteiger partial charge in [0.05, 0.1) is 23.1 Å². The largest absolute Gasteiger partial charge is 0.496 e. The van der Waals surface area contributed by atoms with Crippen LogP contribution in [0.5, 0.6) is 11.5 Å². The van der Waals surface area contributed by atoms with Crippen LogP contribution in [0.25, 0.3) is 0 Å². The van der Waals surface area contributed by atoms with Crippen LogP contribution in [0, 0.1) is 0 Å². The standard InChI is InChI=1S/C17H20BrNO4S/c1-4-23-14-7-5-13(6-8-14)12(2)19-24(20,21)15-9-10-17(22-3)16(18)11-15/h5-12,19H,4H2,1-3H3/t12-/m0/s1. The Bertz CT molecular complexity index is 791. The van der Waals surface area contributed by atoms with Gasteiger partial charge in [0.2, 0.25) is 10.0 Å². The van der Waals surface area contributed by atoms with E-state index in [-0.39, 0.29) is 10.9 Å². The number of methoxy groups -OCH3 is 1. The van der Waals surface area contributed by atoms with Crippen molar-refractivity contribution in [1.82, 2.24) is 4.72 Å². The zero-order valence-corrected chi connectivity index (χ0v) is 16.1. The van der Waals surface area contributed by atoms with E-state index >= 15 is 0 Å². The highest BCUT2D eigenvalue weighted by Gasteiger charge is 2.19. The van der Waals surface area contributed by atoms with Gasteiger partial charge in [-0.2, -0.15) is 0 Å². The summed E-state index contributed by atoms with van der Waals surface area (Å²) < 4.78 is 38.8. The van der Waals surface area contributed by atoms with Crippen molar-refractivity contribution in [3.63, 3.8) is 0 Å². The second kappa shape index (κ2) is 8.00. The predicted molar refractivity (Wildman–Crippen MR) is 97.0 cm³/mol. The molecule has 0 aliphatic carbocycles. The lowest BCUT2D eigenvalue weighted by atomic mass is 10.1. The van der Waals surface area contributed by atoms with Crippen molar-refractivity contribution in [2.24, 2.45) is 0 Å². The molecule has 0 radical (unpaired) electrons. The SMILES string of the molecule is CCOc1ccc([C@H](C)NS(=O)(=O)c2ccc(OC)c(Br)c2)cc1. The molecule has 5 nitrogen and oxygen atoms in total. The molecule has 0 aliphatic rings. The third-order valence-corrected chi connectivity index (χ3v) is 5.61. The molecule has 0 saturated heterocycles. The molecule has 0 aliphatic heterocycles. The van der Waals surface area contributed by atoms with Gasteiger partial charge in [0.1, 0.15) is 11.5 Å². The predicted octanol–water partition coefficient (Wildman–Crippen LogP) is 3.90. The summed E-state index contributed by atoms with van der Waals surface area (Å²) in [6, 6.07) is 11.6. The van der Waals surface area contributed by atoms with Crippen molar-refractivity contribution in [3.8, 4) is 11.5 Å². The average molecular weight is 414 g/mol. The van der Waals surface area contributed by atoms with Gasteiger partial charge >= 0.3 is 0 Å². The number of ether oxygens (including phenoxy) is 2. The van der Waals surface area contributed by atoms with Crippen LogP contribution >= 0.6 is 15.9 Å². The van der Waals surface area contributed by atoms with Gasteiger partial charge in [-0.1, -0.05) is 12.1 Å². The second-order valence-electron chi connectivity index (χ2n) is 5.14. The molecular formula is C17H20BrNO4S. The van der Waals surface area contributed by atoms with Crippen molar-refractivity contribution in [2.75, 3.05) is 13.7 Å². The van der Waals surface area contributed by atoms with Crippen molar-refractivity contribution in [2.45, 2.75) is 24.8 Å². The lowest BCUT2D eigenvalue weighted by Gasteiger charge is -2.16. The molecular weight excluding hydrogens is 394 g/mol. The molecule has 0 amide bonds. The number of hydrogen-bond donors (Lipinski definition) is 1. The first kappa shape index (κ1) is 18.8. The van der Waals surface area contributed by atoms with Gasteiger partial charge in [-0.15, -0.1) is 0 Å². The summed E-state index contributed by atoms with van der Waals surface area (Å²) in [5.74, 6) is 1.34. The first-order valence-corrected chi connectivity index (χ1v) is 9.73. The first-order chi connectivity index (χ1) is 11.4. The molecule has 1 N–H and O–H groups in total. The number of nitrogens with one attached hydrogen (secondary N) is 1. The van der Waals surface area contributed by atoms with Crippen LogP contribution < -0.4 is 14.2 Å². The van der Waals surface area contributed by atoms with Gasteiger partial charge in [0.15, 0.2) is 0 Å². The van der Waals surface area contributed by atoms with Gasteiger partial charge in [-0.25, -0.2) is 13.1 Å². The Balaban J connectivity index is 2.17. The molecule has 7 heteroatoms. The highest BCUT2D eigenvalue weighted by molar-refractivity contribution is 9.10. The molecule has 0 spiro atoms. The molecule has 24 heavy (non-hydrogen) atoms. The molecule has 0 fully saturated rings. The molecule has 2 rings (SSSR count). The van der Waals surface area contributed by atoms with Crippen LogP contribution in [-0.4, -0.2) is 22.1 Å². The molecule has 130 valence electrons. The van der Waals surface area contributed by atoms with E-state index in [1.807, 2.05) is 31.2 Å². The molecule has 0 heterocycles. The van der Waals surface area contributed by atoms with Gasteiger partial charge in [-0.05, 0) is 65.7 Å². The van der Waals surface area contributed by atoms with Crippen molar-refractivity contribution in [1.29, 1.82) is 0 Å². The fourth-order valence-electron chi connectivity index (χ4n) is 2.20. The number of hydrogen-bond acceptors (Lipinski definition) is 4. The third-order valence-electron chi connectivity index (χ3n) is 3.46. The molecule has 0 unspecified atom stereocenters. The second-order valence-corrected chi connectivity index (χ2v) is 7.71. The number of rotatable bonds is 7. The highest BCUT2D eigenvalue weighted by Crippen LogP contribution is 2.28. The molecule has 1 atom stereocenters. The van der Waals surface area contributed by atoms with Gasteiger partial charge in [-0.3, -0.25) is 0 Å². The van der Waals surface area contributed by atoms with Crippen molar-refractivity contribution >= 4 is 26.0 Å². The van der Waals surface area contributed by atoms with Crippen LogP contribution in [0.15, 0.2) is 51.8 Å². The maximum absolute atomic E-state index is 12.5. The lowest BCUT2D eigenvalue weighted by molar-refractivity contribution is 0.340. The third kappa shape index (κ3) is 4.49. The minimum absolute atomic E-state index is 0.174. The minimum Gasteiger partial charge on any atom is -0.496 e. The minimum atomic E-state index is -3.64. The van der Waals surface area contributed by atoms with Crippen LogP contribution in [0.4, 0.5) is 0 Å². The molecule has 2 aromatic rings. The quantitative estimate of drug-likeness (QED) is 0.747. The fourth-order valence-corrected chi connectivity index (χ4v) is 4.15. The van der Waals surface area contributed by atoms with Crippen LogP contribution in [-0.2, 0) is 10.0 Å². The zero-order valence-electron chi connectivity index (χ0n) is 13.7. The Morgan fingerprint density at radius 1 is 1.17 bits per heavy atom. The summed E-state index contributed by atoms with van der Waals surface area (Å²) in [4.78, 5) is 0.174. The Kier molecular flexibility index (Phi) is 6.26. The van der Waals surface area contributed by atoms with Gasteiger partial charge in [0.25, 0.3) is 0 Å². The summed E-state index contributed by atoms with van der Waals surface area (Å²) in [5, 5.41) is 0. The fraction of sp³-hybridized carbons (Fsp3) is 0.294. The van der Waals surface area contributed by atoms with Crippen LogP contribution in [0.1, 0.15) is 25.5 Å². The molecule has 0 saturated carbocycles. The summed E-state index contributed by atoms with van der Waals surface area (Å²) in [6.07, 6.45) is 0. The van der Waals surface area contributed by atoms with Crippen molar-refractivity contribution < 1.29 is 17.9 Å². The topological polar surface area (TPSA) is 64.6 Å². The van der Waals surface area contributed by atoms with Crippen LogP contribution in [0.3, 0.4) is 0 Å². The summed E-state index contributed by atoms with van der Waals surface area (Å²) in [7, 11) is -2.11. The molecule has 0 bridgehead atoms. The molecule has 2 aromatic carbocycles. The van der Waals surface area contributed by atoms with E-state index in [0.717, 1.165) is 11.3 Å². The monoisotopic (exact) mass is 413 g/mol. The van der Waals surface area contributed by atoms with Gasteiger partial charge in [0, 0.05) is 6.04 Å². The normalized spacial score (nSPS) is 12.7. The first-order valence-electron chi connectivity index (χ1n) is 7.46. The summed E-state index contributed by atoms with van der Waals surface area (Å²) >= 11 is 3.30. The van der Waals surface area contributed by atoms with Crippen LogP contribution in [0.2, 0.25) is 0 Å². The lowest BCUT2D eigenvalue weighted by Crippen LogP contribution is -2.26. The van der Waals surface area contributed by atoms with E-state index in [1.54, 1.807) is 13.0 Å². The Hall–Kier alpha value is -1.57. The van der Waals surface area contributed by atoms with Gasteiger partial charge < -0.3 is 9.47 Å². The van der Waals surface area contributed by atoms with E-state index in [2.05, 4.69) is 20.7 Å². The van der Waals surface area contributed by atoms with E-state index in [0.29, 0.717) is 16.8 Å². The Labute approximate surface area is 151 Å². The average Bonchev–Trinajstić information content (AvgIpc) is 2.55. The van der Waals surface area contributed by atoms with Crippen molar-refractivity contribution in [3.05, 3.63) is 52.5 Å². The maximum atomic E-state index is 12.5. The Morgan fingerprint density at radius 2 is 1.83 bits per heavy atom. The van der Waals surface area contributed by atoms with E-state index in [9.17, 15) is 8.42 Å². The van der Waals surface area contributed by atoms with E-state index in [4.69, 9.17) is 9.47 Å². The van der Waals surface area contributed by atoms with E-state index < -0.39 is 10.0 Å². The summed E-state index contributed by atoms with van der Waals surface area (Å²) in [6.45, 7) is 4.30. The number of sulfonamides is 1. The highest BCUT2D eigenvalue weighted by atomic mass is 79.9. The zero-order chi connectivity index (χ0) is 17.7.